The van der Waals surface area contributed by atoms with Crippen LogP contribution in [0.4, 0.5) is 0 Å². The molecule has 65 heavy (non-hydrogen) atoms. The first kappa shape index (κ1) is 45.1. The van der Waals surface area contributed by atoms with Gasteiger partial charge in [0.1, 0.15) is 6.10 Å². The standard InChI is InChI=1S/C59H60Br2O4/c1-8-36(5)34-62-54-30-48-49-31-56-55(63-35-43(11-4)58(65-56)37(6)9-2)32-52(49)59(53(48)33-57(54)64-38(7)10-3)50-28-41(14-12-39-16-22-44(60)23-17-39)20-26-46(50)47-27-21-42(29-51(47)59)15-13-40-18-24-45(61)25-19-40/h12-33,36-38,43,58H,8-11,34-35H2,1-7H3/b14-12+,15-13+. The summed E-state index contributed by atoms with van der Waals surface area (Å²) in [6.45, 7) is 16.8. The van der Waals surface area contributed by atoms with Gasteiger partial charge in [0.2, 0.25) is 0 Å². The minimum absolute atomic E-state index is 0.00515. The number of hydrogen-bond donors (Lipinski definition) is 0. The van der Waals surface area contributed by atoms with E-state index in [-0.39, 0.29) is 18.1 Å². The third-order valence-corrected chi connectivity index (χ3v) is 15.2. The average Bonchev–Trinajstić information content (AvgIpc) is 3.67. The van der Waals surface area contributed by atoms with Crippen LogP contribution in [0.1, 0.15) is 119 Å². The van der Waals surface area contributed by atoms with Crippen LogP contribution in [-0.2, 0) is 5.41 Å². The molecule has 1 heterocycles. The van der Waals surface area contributed by atoms with Crippen LogP contribution in [0.5, 0.6) is 23.0 Å². The summed E-state index contributed by atoms with van der Waals surface area (Å²) in [5.41, 5.74) is 13.4. The minimum Gasteiger partial charge on any atom is -0.489 e. The van der Waals surface area contributed by atoms with Crippen molar-refractivity contribution in [2.45, 2.75) is 91.8 Å². The Labute approximate surface area is 403 Å². The van der Waals surface area contributed by atoms with Gasteiger partial charge in [0.15, 0.2) is 23.0 Å². The number of ether oxygens (including phenoxy) is 4. The Bertz CT molecular complexity index is 2650. The number of benzene rings is 6. The first-order valence-electron chi connectivity index (χ1n) is 23.7. The summed E-state index contributed by atoms with van der Waals surface area (Å²) in [7, 11) is 0. The first-order valence-corrected chi connectivity index (χ1v) is 25.3. The Hall–Kier alpha value is -5.04. The van der Waals surface area contributed by atoms with Gasteiger partial charge in [-0.15, -0.1) is 0 Å². The van der Waals surface area contributed by atoms with E-state index in [0.717, 1.165) is 91.0 Å². The smallest absolute Gasteiger partial charge is 0.162 e. The molecule has 334 valence electrons. The molecule has 6 aromatic rings. The molecule has 0 saturated heterocycles. The molecule has 0 radical (unpaired) electrons. The predicted octanol–water partition coefficient (Wildman–Crippen LogP) is 16.7. The van der Waals surface area contributed by atoms with Crippen molar-refractivity contribution in [3.63, 3.8) is 0 Å². The van der Waals surface area contributed by atoms with Crippen molar-refractivity contribution in [2.24, 2.45) is 17.8 Å². The predicted molar refractivity (Wildman–Crippen MR) is 277 cm³/mol. The van der Waals surface area contributed by atoms with Gasteiger partial charge < -0.3 is 18.9 Å². The summed E-state index contributed by atoms with van der Waals surface area (Å²) in [5.74, 6) is 4.22. The first-order chi connectivity index (χ1) is 31.5. The lowest BCUT2D eigenvalue weighted by molar-refractivity contribution is 0.0714. The van der Waals surface area contributed by atoms with Crippen molar-refractivity contribution in [1.29, 1.82) is 0 Å². The molecule has 1 aliphatic heterocycles. The normalized spacial score (nSPS) is 17.9. The molecule has 0 amide bonds. The zero-order valence-corrected chi connectivity index (χ0v) is 41.9. The van der Waals surface area contributed by atoms with Crippen molar-refractivity contribution in [1.82, 2.24) is 0 Å². The second-order valence-electron chi connectivity index (χ2n) is 18.4. The average molecular weight is 993 g/mol. The van der Waals surface area contributed by atoms with Crippen molar-refractivity contribution < 1.29 is 18.9 Å². The Morgan fingerprint density at radius 3 is 1.68 bits per heavy atom. The van der Waals surface area contributed by atoms with E-state index in [1.165, 1.54) is 33.4 Å². The van der Waals surface area contributed by atoms with E-state index in [1.54, 1.807) is 0 Å². The molecule has 5 unspecified atom stereocenters. The molecule has 6 aromatic carbocycles. The molecule has 5 atom stereocenters. The van der Waals surface area contributed by atoms with Gasteiger partial charge in [0.05, 0.1) is 24.7 Å². The lowest BCUT2D eigenvalue weighted by atomic mass is 9.70. The quantitative estimate of drug-likeness (QED) is 0.102. The number of fused-ring (bicyclic) bond motifs is 11. The van der Waals surface area contributed by atoms with Gasteiger partial charge in [-0.3, -0.25) is 0 Å². The molecule has 1 spiro atoms. The molecule has 0 saturated carbocycles. The van der Waals surface area contributed by atoms with E-state index < -0.39 is 5.41 Å². The maximum atomic E-state index is 7.15. The topological polar surface area (TPSA) is 36.9 Å². The van der Waals surface area contributed by atoms with E-state index in [1.807, 2.05) is 0 Å². The maximum Gasteiger partial charge on any atom is 0.162 e. The highest BCUT2D eigenvalue weighted by molar-refractivity contribution is 9.10. The Balaban J connectivity index is 1.32. The van der Waals surface area contributed by atoms with Crippen LogP contribution in [0, 0.1) is 17.8 Å². The third-order valence-electron chi connectivity index (χ3n) is 14.2. The molecule has 0 fully saturated rings. The summed E-state index contributed by atoms with van der Waals surface area (Å²) in [6.07, 6.45) is 12.8. The van der Waals surface area contributed by atoms with E-state index in [9.17, 15) is 0 Å². The molecular formula is C59H60Br2O4. The minimum atomic E-state index is -0.716. The molecule has 0 aromatic heterocycles. The lowest BCUT2D eigenvalue weighted by Gasteiger charge is -2.32. The fourth-order valence-corrected chi connectivity index (χ4v) is 10.3. The highest BCUT2D eigenvalue weighted by Crippen LogP contribution is 2.65. The molecule has 4 nitrogen and oxygen atoms in total. The van der Waals surface area contributed by atoms with Crippen LogP contribution in [0.15, 0.2) is 118 Å². The van der Waals surface area contributed by atoms with Crippen molar-refractivity contribution >= 4 is 56.2 Å². The highest BCUT2D eigenvalue weighted by atomic mass is 79.9. The fraction of sp³-hybridized carbons (Fsp3) is 0.322. The molecule has 0 N–H and O–H groups in total. The molecule has 0 bridgehead atoms. The van der Waals surface area contributed by atoms with Crippen molar-refractivity contribution in [2.75, 3.05) is 13.2 Å². The Morgan fingerprint density at radius 2 is 1.12 bits per heavy atom. The number of hydrogen-bond acceptors (Lipinski definition) is 4. The number of rotatable bonds is 14. The Morgan fingerprint density at radius 1 is 0.585 bits per heavy atom. The molecule has 3 aliphatic rings. The van der Waals surface area contributed by atoms with E-state index in [2.05, 4.69) is 214 Å². The fourth-order valence-electron chi connectivity index (χ4n) is 9.77. The Kier molecular flexibility index (Phi) is 13.2. The van der Waals surface area contributed by atoms with E-state index in [4.69, 9.17) is 18.9 Å². The monoisotopic (exact) mass is 990 g/mol. The summed E-state index contributed by atoms with van der Waals surface area (Å²) in [6, 6.07) is 40.1. The summed E-state index contributed by atoms with van der Waals surface area (Å²) >= 11 is 7.21. The maximum absolute atomic E-state index is 7.15. The van der Waals surface area contributed by atoms with Gasteiger partial charge in [-0.25, -0.2) is 0 Å². The van der Waals surface area contributed by atoms with Gasteiger partial charge in [-0.05, 0) is 159 Å². The van der Waals surface area contributed by atoms with Crippen LogP contribution in [0.2, 0.25) is 0 Å². The van der Waals surface area contributed by atoms with Crippen LogP contribution in [-0.4, -0.2) is 25.4 Å². The van der Waals surface area contributed by atoms with Crippen LogP contribution in [0.25, 0.3) is 46.6 Å². The second kappa shape index (κ2) is 19.1. The SMILES string of the molecule is CCC(C)COc1cc2c(cc1OC(C)CC)C1(c3cc(/C=C/c4ccc(Br)cc4)ccc3-c3ccc(/C=C/c4ccc(Br)cc4)cc31)c1cc3c(cc1-2)OC(C(C)CC)C(CC)CO3. The zero-order valence-electron chi connectivity index (χ0n) is 38.7. The van der Waals surface area contributed by atoms with Crippen molar-refractivity contribution in [3.8, 4) is 45.3 Å². The van der Waals surface area contributed by atoms with Crippen LogP contribution < -0.4 is 18.9 Å². The van der Waals surface area contributed by atoms with Crippen LogP contribution >= 0.6 is 31.9 Å². The van der Waals surface area contributed by atoms with Gasteiger partial charge in [0, 0.05) is 14.9 Å². The van der Waals surface area contributed by atoms with Crippen molar-refractivity contribution in [3.05, 3.63) is 163 Å². The van der Waals surface area contributed by atoms with Gasteiger partial charge >= 0.3 is 0 Å². The van der Waals surface area contributed by atoms with Gasteiger partial charge in [-0.1, -0.05) is 159 Å². The molecule has 6 heteroatoms. The molecule has 9 rings (SSSR count). The lowest BCUT2D eigenvalue weighted by Crippen LogP contribution is -2.34. The molecular weight excluding hydrogens is 932 g/mol. The summed E-state index contributed by atoms with van der Waals surface area (Å²) in [4.78, 5) is 0. The summed E-state index contributed by atoms with van der Waals surface area (Å²) < 4.78 is 29.9. The van der Waals surface area contributed by atoms with E-state index >= 15 is 0 Å². The summed E-state index contributed by atoms with van der Waals surface area (Å²) in [5, 5.41) is 0. The number of halogens is 2. The van der Waals surface area contributed by atoms with Gasteiger partial charge in [-0.2, -0.15) is 0 Å². The van der Waals surface area contributed by atoms with Crippen LogP contribution in [0.3, 0.4) is 0 Å². The second-order valence-corrected chi connectivity index (χ2v) is 20.3. The van der Waals surface area contributed by atoms with Gasteiger partial charge in [0.25, 0.3) is 0 Å². The largest absolute Gasteiger partial charge is 0.489 e. The van der Waals surface area contributed by atoms with E-state index in [0.29, 0.717) is 25.0 Å². The third kappa shape index (κ3) is 8.62. The molecule has 2 aliphatic carbocycles. The highest BCUT2D eigenvalue weighted by Gasteiger charge is 2.53. The zero-order chi connectivity index (χ0) is 45.4.